The van der Waals surface area contributed by atoms with Crippen LogP contribution in [0.5, 0.6) is 0 Å². The maximum absolute atomic E-state index is 12.6. The van der Waals surface area contributed by atoms with Crippen molar-refractivity contribution in [1.29, 1.82) is 0 Å². The smallest absolute Gasteiger partial charge is 0.239 e. The molecule has 0 aromatic heterocycles. The number of likely N-dealkylation sites (N-methyl/N-ethyl adjacent to an activating group) is 1. The van der Waals surface area contributed by atoms with Gasteiger partial charge in [0.05, 0.1) is 6.04 Å². The zero-order chi connectivity index (χ0) is 17.0. The number of benzene rings is 1. The number of nitrogens with zero attached hydrogens (tertiary/aromatic N) is 3. The van der Waals surface area contributed by atoms with E-state index in [1.165, 1.54) is 0 Å². The highest BCUT2D eigenvalue weighted by Crippen LogP contribution is 2.18. The number of piperazine rings is 1. The minimum atomic E-state index is -0.227. The highest BCUT2D eigenvalue weighted by atomic mass is 35.5. The average molecular weight is 338 g/mol. The summed E-state index contributed by atoms with van der Waals surface area (Å²) < 4.78 is 0. The standard InChI is InChI=1S/C17H24ClN3O2/c1-13(19(3)12-15-6-4-5-7-16(15)18)17(23)21-10-8-20(9-11-21)14(2)22/h4-7,13H,8-12H2,1-3H3. The fraction of sp³-hybridized carbons (Fsp3) is 0.529. The summed E-state index contributed by atoms with van der Waals surface area (Å²) in [5.74, 6) is 0.170. The van der Waals surface area contributed by atoms with Gasteiger partial charge in [-0.05, 0) is 25.6 Å². The molecule has 6 heteroatoms. The van der Waals surface area contributed by atoms with Gasteiger partial charge in [-0.2, -0.15) is 0 Å². The van der Waals surface area contributed by atoms with Gasteiger partial charge < -0.3 is 9.80 Å². The Kier molecular flexibility index (Phi) is 6.02. The Labute approximate surface area is 142 Å². The monoisotopic (exact) mass is 337 g/mol. The maximum atomic E-state index is 12.6. The predicted molar refractivity (Wildman–Crippen MR) is 91.2 cm³/mol. The van der Waals surface area contributed by atoms with Crippen molar-refractivity contribution in [1.82, 2.24) is 14.7 Å². The first-order valence-corrected chi connectivity index (χ1v) is 8.26. The number of amides is 2. The van der Waals surface area contributed by atoms with Crippen LogP contribution in [0, 0.1) is 0 Å². The Bertz CT molecular complexity index is 571. The number of carbonyl (C=O) groups is 2. The van der Waals surface area contributed by atoms with Crippen molar-refractivity contribution in [2.24, 2.45) is 0 Å². The SMILES string of the molecule is CC(=O)N1CCN(C(=O)C(C)N(C)Cc2ccccc2Cl)CC1. The Balaban J connectivity index is 1.92. The largest absolute Gasteiger partial charge is 0.339 e. The first-order valence-electron chi connectivity index (χ1n) is 7.88. The van der Waals surface area contributed by atoms with Crippen LogP contribution in [0.4, 0.5) is 0 Å². The van der Waals surface area contributed by atoms with Crippen LogP contribution in [0.2, 0.25) is 5.02 Å². The lowest BCUT2D eigenvalue weighted by atomic mass is 10.1. The minimum absolute atomic E-state index is 0.0704. The molecule has 0 radical (unpaired) electrons. The van der Waals surface area contributed by atoms with E-state index in [0.29, 0.717) is 37.7 Å². The third-order valence-electron chi connectivity index (χ3n) is 4.43. The molecule has 1 heterocycles. The van der Waals surface area contributed by atoms with E-state index in [4.69, 9.17) is 11.6 Å². The van der Waals surface area contributed by atoms with Crippen LogP contribution in [-0.4, -0.2) is 65.8 Å². The topological polar surface area (TPSA) is 43.9 Å². The van der Waals surface area contributed by atoms with E-state index in [1.54, 1.807) is 11.8 Å². The molecule has 0 saturated carbocycles. The molecule has 0 N–H and O–H groups in total. The molecule has 0 aliphatic carbocycles. The van der Waals surface area contributed by atoms with Gasteiger partial charge in [0, 0.05) is 44.7 Å². The molecule has 0 spiro atoms. The third kappa shape index (κ3) is 4.45. The zero-order valence-electron chi connectivity index (χ0n) is 14.0. The molecular formula is C17H24ClN3O2. The highest BCUT2D eigenvalue weighted by molar-refractivity contribution is 6.31. The summed E-state index contributed by atoms with van der Waals surface area (Å²) >= 11 is 6.19. The zero-order valence-corrected chi connectivity index (χ0v) is 14.7. The molecule has 0 bridgehead atoms. The summed E-state index contributed by atoms with van der Waals surface area (Å²) in [6.45, 7) is 6.53. The fourth-order valence-electron chi connectivity index (χ4n) is 2.73. The van der Waals surface area contributed by atoms with Crippen LogP contribution >= 0.6 is 11.6 Å². The van der Waals surface area contributed by atoms with Crippen molar-refractivity contribution in [3.8, 4) is 0 Å². The summed E-state index contributed by atoms with van der Waals surface area (Å²) in [5, 5.41) is 0.717. The summed E-state index contributed by atoms with van der Waals surface area (Å²) in [4.78, 5) is 29.6. The van der Waals surface area contributed by atoms with E-state index in [-0.39, 0.29) is 17.9 Å². The van der Waals surface area contributed by atoms with Gasteiger partial charge in [-0.15, -0.1) is 0 Å². The van der Waals surface area contributed by atoms with Crippen molar-refractivity contribution in [3.63, 3.8) is 0 Å². The second-order valence-electron chi connectivity index (χ2n) is 6.01. The van der Waals surface area contributed by atoms with Crippen LogP contribution in [0.1, 0.15) is 19.4 Å². The van der Waals surface area contributed by atoms with E-state index in [2.05, 4.69) is 0 Å². The maximum Gasteiger partial charge on any atom is 0.239 e. The number of hydrogen-bond acceptors (Lipinski definition) is 3. The van der Waals surface area contributed by atoms with Gasteiger partial charge in [0.2, 0.25) is 11.8 Å². The number of carbonyl (C=O) groups excluding carboxylic acids is 2. The Hall–Kier alpha value is -1.59. The minimum Gasteiger partial charge on any atom is -0.339 e. The average Bonchev–Trinajstić information content (AvgIpc) is 2.55. The van der Waals surface area contributed by atoms with E-state index in [0.717, 1.165) is 5.56 Å². The molecule has 126 valence electrons. The van der Waals surface area contributed by atoms with Gasteiger partial charge in [0.25, 0.3) is 0 Å². The first-order chi connectivity index (χ1) is 10.9. The van der Waals surface area contributed by atoms with E-state index >= 15 is 0 Å². The molecule has 1 atom stereocenters. The van der Waals surface area contributed by atoms with Gasteiger partial charge in [-0.3, -0.25) is 14.5 Å². The summed E-state index contributed by atoms with van der Waals surface area (Å²) in [6, 6.07) is 7.45. The van der Waals surface area contributed by atoms with Crippen LogP contribution in [0.3, 0.4) is 0 Å². The van der Waals surface area contributed by atoms with Crippen LogP contribution in [0.15, 0.2) is 24.3 Å². The lowest BCUT2D eigenvalue weighted by Crippen LogP contribution is -2.54. The normalized spacial score (nSPS) is 16.6. The first kappa shape index (κ1) is 17.8. The van der Waals surface area contributed by atoms with Crippen LogP contribution < -0.4 is 0 Å². The third-order valence-corrected chi connectivity index (χ3v) is 4.80. The molecule has 1 aromatic rings. The van der Waals surface area contributed by atoms with Crippen molar-refractivity contribution in [2.75, 3.05) is 33.2 Å². The second kappa shape index (κ2) is 7.79. The van der Waals surface area contributed by atoms with Crippen LogP contribution in [-0.2, 0) is 16.1 Å². The predicted octanol–water partition coefficient (Wildman–Crippen LogP) is 1.85. The second-order valence-corrected chi connectivity index (χ2v) is 6.42. The molecule has 1 fully saturated rings. The number of halogens is 1. The Morgan fingerprint density at radius 1 is 1.17 bits per heavy atom. The van der Waals surface area contributed by atoms with E-state index in [1.807, 2.05) is 48.0 Å². The molecular weight excluding hydrogens is 314 g/mol. The lowest BCUT2D eigenvalue weighted by Gasteiger charge is -2.37. The van der Waals surface area contributed by atoms with Gasteiger partial charge in [-0.25, -0.2) is 0 Å². The molecule has 23 heavy (non-hydrogen) atoms. The highest BCUT2D eigenvalue weighted by Gasteiger charge is 2.27. The molecule has 5 nitrogen and oxygen atoms in total. The molecule has 1 saturated heterocycles. The molecule has 1 unspecified atom stereocenters. The van der Waals surface area contributed by atoms with Gasteiger partial charge in [-0.1, -0.05) is 29.8 Å². The number of hydrogen-bond donors (Lipinski definition) is 0. The van der Waals surface area contributed by atoms with Crippen LogP contribution in [0.25, 0.3) is 0 Å². The Morgan fingerprint density at radius 2 is 1.74 bits per heavy atom. The molecule has 1 aliphatic heterocycles. The summed E-state index contributed by atoms with van der Waals surface area (Å²) in [6.07, 6.45) is 0. The van der Waals surface area contributed by atoms with Gasteiger partial charge in [0.15, 0.2) is 0 Å². The van der Waals surface area contributed by atoms with Crippen molar-refractivity contribution < 1.29 is 9.59 Å². The summed E-state index contributed by atoms with van der Waals surface area (Å²) in [7, 11) is 1.93. The molecule has 2 amide bonds. The number of rotatable bonds is 4. The van der Waals surface area contributed by atoms with E-state index in [9.17, 15) is 9.59 Å². The Morgan fingerprint density at radius 3 is 2.30 bits per heavy atom. The van der Waals surface area contributed by atoms with Gasteiger partial charge in [0.1, 0.15) is 0 Å². The molecule has 1 aromatic carbocycles. The lowest BCUT2D eigenvalue weighted by molar-refractivity contribution is -0.141. The van der Waals surface area contributed by atoms with Crippen molar-refractivity contribution in [3.05, 3.63) is 34.9 Å². The van der Waals surface area contributed by atoms with Gasteiger partial charge >= 0.3 is 0 Å². The fourth-order valence-corrected chi connectivity index (χ4v) is 2.92. The van der Waals surface area contributed by atoms with Crippen molar-refractivity contribution >= 4 is 23.4 Å². The van der Waals surface area contributed by atoms with E-state index < -0.39 is 0 Å². The summed E-state index contributed by atoms with van der Waals surface area (Å²) in [5.41, 5.74) is 1.01. The quantitative estimate of drug-likeness (QED) is 0.842. The van der Waals surface area contributed by atoms with Crippen molar-refractivity contribution in [2.45, 2.75) is 26.4 Å². The molecule has 2 rings (SSSR count). The molecule has 1 aliphatic rings.